The third-order valence-electron chi connectivity index (χ3n) is 6.29. The predicted octanol–water partition coefficient (Wildman–Crippen LogP) is 6.14. The molecule has 1 aliphatic rings. The summed E-state index contributed by atoms with van der Waals surface area (Å²) in [7, 11) is 1.56. The van der Waals surface area contributed by atoms with Crippen molar-refractivity contribution in [3.05, 3.63) is 95.1 Å². The molecule has 1 fully saturated rings. The van der Waals surface area contributed by atoms with Crippen LogP contribution in [0.25, 0.3) is 5.76 Å². The van der Waals surface area contributed by atoms with E-state index in [1.807, 2.05) is 58.0 Å². The lowest BCUT2D eigenvalue weighted by molar-refractivity contribution is -0.140. The van der Waals surface area contributed by atoms with Crippen molar-refractivity contribution in [3.8, 4) is 17.2 Å². The quantitative estimate of drug-likeness (QED) is 0.193. The number of carbonyl (C=O) groups excluding carboxylic acids is 2. The Labute approximate surface area is 229 Å². The molecule has 1 aliphatic heterocycles. The summed E-state index contributed by atoms with van der Waals surface area (Å²) in [5.74, 6) is 0.527. The number of ether oxygens (including phenoxy) is 3. The number of carbonyl (C=O) groups is 2. The van der Waals surface area contributed by atoms with Crippen LogP contribution in [0.1, 0.15) is 50.4 Å². The van der Waals surface area contributed by atoms with Crippen LogP contribution in [0.2, 0.25) is 0 Å². The van der Waals surface area contributed by atoms with E-state index in [9.17, 15) is 14.7 Å². The number of hydrogen-bond donors (Lipinski definition) is 1. The molecule has 1 saturated heterocycles. The van der Waals surface area contributed by atoms with Crippen molar-refractivity contribution in [2.24, 2.45) is 5.92 Å². The summed E-state index contributed by atoms with van der Waals surface area (Å²) in [6.45, 7) is 8.68. The standard InChI is InChI=1S/C32H35NO6/c1-20(2)19-38-27-11-7-9-24(17-27)30(34)28-29(23-8-6-10-26(16-23)37-5)33(32(36)31(28)35)18-22-12-14-25(15-13-22)39-21(3)4/h6-17,20-21,29,34H,18-19H2,1-5H3/b30-28-. The molecule has 1 atom stereocenters. The number of aliphatic hydroxyl groups excluding tert-OH is 1. The van der Waals surface area contributed by atoms with Gasteiger partial charge in [0.25, 0.3) is 11.7 Å². The van der Waals surface area contributed by atoms with Gasteiger partial charge in [0, 0.05) is 12.1 Å². The number of rotatable bonds is 10. The van der Waals surface area contributed by atoms with Gasteiger partial charge in [0.15, 0.2) is 0 Å². The Hall–Kier alpha value is -4.26. The third-order valence-corrected chi connectivity index (χ3v) is 6.29. The number of amides is 1. The predicted molar refractivity (Wildman–Crippen MR) is 150 cm³/mol. The van der Waals surface area contributed by atoms with E-state index < -0.39 is 17.7 Å². The third kappa shape index (κ3) is 6.42. The number of methoxy groups -OCH3 is 1. The zero-order valence-electron chi connectivity index (χ0n) is 23.0. The molecule has 7 nitrogen and oxygen atoms in total. The molecule has 4 rings (SSSR count). The number of aliphatic hydroxyl groups is 1. The minimum Gasteiger partial charge on any atom is -0.507 e. The first-order chi connectivity index (χ1) is 18.7. The maximum atomic E-state index is 13.4. The van der Waals surface area contributed by atoms with Crippen LogP contribution in [-0.4, -0.2) is 41.5 Å². The molecule has 0 saturated carbocycles. The highest BCUT2D eigenvalue weighted by atomic mass is 16.5. The van der Waals surface area contributed by atoms with Gasteiger partial charge in [0.1, 0.15) is 23.0 Å². The fourth-order valence-electron chi connectivity index (χ4n) is 4.50. The van der Waals surface area contributed by atoms with Crippen LogP contribution < -0.4 is 14.2 Å². The zero-order chi connectivity index (χ0) is 28.1. The summed E-state index contributed by atoms with van der Waals surface area (Å²) in [6.07, 6.45) is 0.0380. The molecule has 204 valence electrons. The summed E-state index contributed by atoms with van der Waals surface area (Å²) in [4.78, 5) is 28.3. The Morgan fingerprint density at radius 3 is 2.26 bits per heavy atom. The van der Waals surface area contributed by atoms with Gasteiger partial charge in [-0.05, 0) is 67.3 Å². The maximum absolute atomic E-state index is 13.4. The fourth-order valence-corrected chi connectivity index (χ4v) is 4.50. The van der Waals surface area contributed by atoms with E-state index in [0.29, 0.717) is 35.2 Å². The van der Waals surface area contributed by atoms with Crippen LogP contribution in [0.4, 0.5) is 0 Å². The van der Waals surface area contributed by atoms with Gasteiger partial charge in [-0.3, -0.25) is 9.59 Å². The number of Topliss-reactive ketones (excluding diaryl/α,β-unsaturated/α-hetero) is 1. The second-order valence-electron chi connectivity index (χ2n) is 10.2. The van der Waals surface area contributed by atoms with Crippen LogP contribution in [-0.2, 0) is 16.1 Å². The molecule has 7 heteroatoms. The molecular weight excluding hydrogens is 494 g/mol. The highest BCUT2D eigenvalue weighted by Crippen LogP contribution is 2.41. The van der Waals surface area contributed by atoms with E-state index in [4.69, 9.17) is 14.2 Å². The van der Waals surface area contributed by atoms with Crippen molar-refractivity contribution < 1.29 is 28.9 Å². The number of hydrogen-bond acceptors (Lipinski definition) is 6. The SMILES string of the molecule is COc1cccc(C2/C(=C(/O)c3cccc(OCC(C)C)c3)C(=O)C(=O)N2Cc2ccc(OC(C)C)cc2)c1. The minimum absolute atomic E-state index is 0.0222. The van der Waals surface area contributed by atoms with E-state index >= 15 is 0 Å². The first-order valence-corrected chi connectivity index (χ1v) is 13.1. The molecule has 1 N–H and O–H groups in total. The Morgan fingerprint density at radius 1 is 0.897 bits per heavy atom. The number of nitrogens with zero attached hydrogens (tertiary/aromatic N) is 1. The maximum Gasteiger partial charge on any atom is 0.295 e. The van der Waals surface area contributed by atoms with Crippen LogP contribution in [0, 0.1) is 5.92 Å². The molecular formula is C32H35NO6. The van der Waals surface area contributed by atoms with Crippen LogP contribution in [0.5, 0.6) is 17.2 Å². The van der Waals surface area contributed by atoms with E-state index in [0.717, 1.165) is 11.3 Å². The molecule has 3 aromatic carbocycles. The van der Waals surface area contributed by atoms with Crippen molar-refractivity contribution in [1.82, 2.24) is 4.90 Å². The average molecular weight is 530 g/mol. The lowest BCUT2D eigenvalue weighted by Crippen LogP contribution is -2.29. The number of likely N-dealkylation sites (tertiary alicyclic amines) is 1. The van der Waals surface area contributed by atoms with Crippen LogP contribution in [0.15, 0.2) is 78.4 Å². The van der Waals surface area contributed by atoms with Gasteiger partial charge in [-0.25, -0.2) is 0 Å². The lowest BCUT2D eigenvalue weighted by Gasteiger charge is -2.26. The highest BCUT2D eigenvalue weighted by molar-refractivity contribution is 6.46. The van der Waals surface area contributed by atoms with Crippen LogP contribution >= 0.6 is 0 Å². The van der Waals surface area contributed by atoms with Crippen molar-refractivity contribution in [3.63, 3.8) is 0 Å². The Morgan fingerprint density at radius 2 is 1.59 bits per heavy atom. The van der Waals surface area contributed by atoms with Crippen molar-refractivity contribution >= 4 is 17.4 Å². The molecule has 0 bridgehead atoms. The summed E-state index contributed by atoms with van der Waals surface area (Å²) in [5.41, 5.74) is 1.90. The van der Waals surface area contributed by atoms with Gasteiger partial charge in [-0.15, -0.1) is 0 Å². The summed E-state index contributed by atoms with van der Waals surface area (Å²) >= 11 is 0. The monoisotopic (exact) mass is 529 g/mol. The van der Waals surface area contributed by atoms with E-state index in [1.165, 1.54) is 4.90 Å². The minimum atomic E-state index is -0.813. The summed E-state index contributed by atoms with van der Waals surface area (Å²) in [5, 5.41) is 11.4. The normalized spacial score (nSPS) is 16.7. The Balaban J connectivity index is 1.76. The first-order valence-electron chi connectivity index (χ1n) is 13.1. The number of ketones is 1. The molecule has 1 amide bonds. The Bertz CT molecular complexity index is 1360. The largest absolute Gasteiger partial charge is 0.507 e. The number of benzene rings is 3. The van der Waals surface area contributed by atoms with E-state index in [1.54, 1.807) is 49.6 Å². The van der Waals surface area contributed by atoms with Gasteiger partial charge >= 0.3 is 0 Å². The van der Waals surface area contributed by atoms with E-state index in [-0.39, 0.29) is 24.0 Å². The van der Waals surface area contributed by atoms with Gasteiger partial charge in [0.2, 0.25) is 0 Å². The van der Waals surface area contributed by atoms with Gasteiger partial charge in [-0.1, -0.05) is 50.2 Å². The summed E-state index contributed by atoms with van der Waals surface area (Å²) < 4.78 is 17.0. The molecule has 0 aliphatic carbocycles. The molecule has 1 heterocycles. The second kappa shape index (κ2) is 12.1. The Kier molecular flexibility index (Phi) is 8.59. The molecule has 39 heavy (non-hydrogen) atoms. The van der Waals surface area contributed by atoms with Crippen molar-refractivity contribution in [2.75, 3.05) is 13.7 Å². The van der Waals surface area contributed by atoms with Crippen molar-refractivity contribution in [1.29, 1.82) is 0 Å². The van der Waals surface area contributed by atoms with E-state index in [2.05, 4.69) is 0 Å². The molecule has 0 radical (unpaired) electrons. The molecule has 0 spiro atoms. The van der Waals surface area contributed by atoms with Gasteiger partial charge in [-0.2, -0.15) is 0 Å². The highest BCUT2D eigenvalue weighted by Gasteiger charge is 2.46. The second-order valence-corrected chi connectivity index (χ2v) is 10.2. The first kappa shape index (κ1) is 27.8. The molecule has 1 unspecified atom stereocenters. The smallest absolute Gasteiger partial charge is 0.295 e. The topological polar surface area (TPSA) is 85.3 Å². The van der Waals surface area contributed by atoms with Gasteiger partial charge in [0.05, 0.1) is 31.4 Å². The van der Waals surface area contributed by atoms with Crippen LogP contribution in [0.3, 0.4) is 0 Å². The van der Waals surface area contributed by atoms with Gasteiger partial charge < -0.3 is 24.2 Å². The zero-order valence-corrected chi connectivity index (χ0v) is 23.0. The van der Waals surface area contributed by atoms with Crippen molar-refractivity contribution in [2.45, 2.75) is 46.4 Å². The molecule has 0 aromatic heterocycles. The lowest BCUT2D eigenvalue weighted by atomic mass is 9.95. The fraction of sp³-hybridized carbons (Fsp3) is 0.312. The summed E-state index contributed by atoms with van der Waals surface area (Å²) in [6, 6.07) is 20.7. The average Bonchev–Trinajstić information content (AvgIpc) is 3.17. The molecule has 3 aromatic rings.